The van der Waals surface area contributed by atoms with Crippen LogP contribution in [0, 0.1) is 5.92 Å². The Bertz CT molecular complexity index is 404. The third-order valence-electron chi connectivity index (χ3n) is 1.39. The average molecular weight is 308 g/mol. The molecule has 0 aliphatic carbocycles. The molecule has 0 saturated carbocycles. The second kappa shape index (κ2) is 11.2. The highest BCUT2D eigenvalue weighted by molar-refractivity contribution is 7.85. The summed E-state index contributed by atoms with van der Waals surface area (Å²) < 4.78 is 28.2. The lowest BCUT2D eigenvalue weighted by Gasteiger charge is -1.97. The first-order valence-corrected chi connectivity index (χ1v) is 7.17. The van der Waals surface area contributed by atoms with Crippen molar-refractivity contribution in [2.24, 2.45) is 17.4 Å². The zero-order chi connectivity index (χ0) is 17.1. The van der Waals surface area contributed by atoms with E-state index in [4.69, 9.17) is 16.0 Å². The Labute approximate surface area is 120 Å². The normalized spacial score (nSPS) is 9.50. The van der Waals surface area contributed by atoms with Gasteiger partial charge in [0.25, 0.3) is 10.1 Å². The molecule has 0 aromatic rings. The predicted molar refractivity (Wildman–Crippen MR) is 79.3 cm³/mol. The molecule has 0 aromatic heterocycles. The van der Waals surface area contributed by atoms with Gasteiger partial charge in [0.15, 0.2) is 0 Å². The third-order valence-corrected chi connectivity index (χ3v) is 2.47. The lowest BCUT2D eigenvalue weighted by atomic mass is 10.3. The maximum absolute atomic E-state index is 10.00. The molecule has 118 valence electrons. The van der Waals surface area contributed by atoms with Crippen molar-refractivity contribution in [3.05, 3.63) is 24.3 Å². The first kappa shape index (κ1) is 23.4. The van der Waals surface area contributed by atoms with Crippen molar-refractivity contribution < 1.29 is 22.6 Å². The first-order chi connectivity index (χ1) is 8.70. The van der Waals surface area contributed by atoms with Gasteiger partial charge in [-0.05, 0) is 19.8 Å². The zero-order valence-electron chi connectivity index (χ0n) is 12.3. The minimum absolute atomic E-state index is 0.00463. The van der Waals surface area contributed by atoms with Crippen molar-refractivity contribution in [2.45, 2.75) is 27.7 Å². The molecule has 0 rings (SSSR count). The van der Waals surface area contributed by atoms with E-state index in [1.54, 1.807) is 27.7 Å². The highest BCUT2D eigenvalue weighted by Gasteiger charge is 2.06. The van der Waals surface area contributed by atoms with Gasteiger partial charge in [-0.25, -0.2) is 0 Å². The van der Waals surface area contributed by atoms with Gasteiger partial charge in [-0.2, -0.15) is 8.42 Å². The predicted octanol–water partition coefficient (Wildman–Crippen LogP) is 0.626. The number of nitrogens with two attached hydrogens (primary N) is 2. The van der Waals surface area contributed by atoms with Gasteiger partial charge in [0, 0.05) is 11.1 Å². The maximum atomic E-state index is 10.00. The van der Waals surface area contributed by atoms with Crippen molar-refractivity contribution in [3.8, 4) is 0 Å². The highest BCUT2D eigenvalue weighted by atomic mass is 32.2. The fraction of sp³-hybridized carbons (Fsp3) is 0.500. The molecule has 20 heavy (non-hydrogen) atoms. The molecule has 7 nitrogen and oxygen atoms in total. The van der Waals surface area contributed by atoms with Crippen LogP contribution in [-0.2, 0) is 19.7 Å². The van der Waals surface area contributed by atoms with Crippen LogP contribution >= 0.6 is 0 Å². The van der Waals surface area contributed by atoms with Crippen molar-refractivity contribution in [1.29, 1.82) is 0 Å². The topological polar surface area (TPSA) is 141 Å². The fourth-order valence-electron chi connectivity index (χ4n) is 0.421. The van der Waals surface area contributed by atoms with Crippen LogP contribution in [0.4, 0.5) is 0 Å². The van der Waals surface area contributed by atoms with Gasteiger partial charge in [0.2, 0.25) is 11.8 Å². The molecule has 0 fully saturated rings. The first-order valence-electron chi connectivity index (χ1n) is 5.56. The second-order valence-corrected chi connectivity index (χ2v) is 5.93. The Hall–Kier alpha value is -1.67. The molecule has 5 N–H and O–H groups in total. The van der Waals surface area contributed by atoms with E-state index in [0.29, 0.717) is 11.1 Å². The van der Waals surface area contributed by atoms with Crippen LogP contribution in [0.3, 0.4) is 0 Å². The number of hydrogen-bond acceptors (Lipinski definition) is 4. The molecule has 0 heterocycles. The van der Waals surface area contributed by atoms with E-state index >= 15 is 0 Å². The molecule has 0 aliphatic rings. The van der Waals surface area contributed by atoms with Gasteiger partial charge in [0.1, 0.15) is 0 Å². The molecular formula is C12H24N2O5S. The molecule has 0 atom stereocenters. The van der Waals surface area contributed by atoms with Gasteiger partial charge in [-0.15, -0.1) is 0 Å². The summed E-state index contributed by atoms with van der Waals surface area (Å²) in [5, 5.41) is 0. The van der Waals surface area contributed by atoms with E-state index < -0.39 is 21.9 Å². The molecule has 0 saturated heterocycles. The highest BCUT2D eigenvalue weighted by Crippen LogP contribution is 1.95. The minimum Gasteiger partial charge on any atom is -0.366 e. The number of carbonyl (C=O) groups is 2. The van der Waals surface area contributed by atoms with E-state index in [1.807, 2.05) is 0 Å². The van der Waals surface area contributed by atoms with Crippen LogP contribution in [0.25, 0.3) is 0 Å². The summed E-state index contributed by atoms with van der Waals surface area (Å²) in [4.78, 5) is 19.6. The number of rotatable bonds is 4. The summed E-state index contributed by atoms with van der Waals surface area (Å²) in [6.45, 7) is 13.2. The van der Waals surface area contributed by atoms with E-state index in [1.165, 1.54) is 0 Å². The van der Waals surface area contributed by atoms with Gasteiger partial charge in [-0.3, -0.25) is 14.1 Å². The smallest absolute Gasteiger partial charge is 0.265 e. The number of amides is 2. The van der Waals surface area contributed by atoms with Crippen molar-refractivity contribution in [1.82, 2.24) is 0 Å². The van der Waals surface area contributed by atoms with Gasteiger partial charge < -0.3 is 11.5 Å². The van der Waals surface area contributed by atoms with E-state index in [2.05, 4.69) is 13.2 Å². The quantitative estimate of drug-likeness (QED) is 0.516. The van der Waals surface area contributed by atoms with E-state index in [0.717, 1.165) is 0 Å². The largest absolute Gasteiger partial charge is 0.366 e. The zero-order valence-corrected chi connectivity index (χ0v) is 13.2. The molecule has 0 unspecified atom stereocenters. The lowest BCUT2D eigenvalue weighted by molar-refractivity contribution is -0.115. The Kier molecular flexibility index (Phi) is 13.1. The summed E-state index contributed by atoms with van der Waals surface area (Å²) >= 11 is 0. The number of primary amides is 2. The van der Waals surface area contributed by atoms with Crippen LogP contribution in [0.2, 0.25) is 0 Å². The van der Waals surface area contributed by atoms with Crippen LogP contribution in [-0.4, -0.2) is 30.5 Å². The van der Waals surface area contributed by atoms with Gasteiger partial charge >= 0.3 is 0 Å². The van der Waals surface area contributed by atoms with Crippen LogP contribution in [0.1, 0.15) is 27.7 Å². The molecule has 2 amide bonds. The lowest BCUT2D eigenvalue weighted by Crippen LogP contribution is -2.10. The standard InChI is InChI=1S/2C4H7NO.C4H10O3S/c2*1-3(2)4(5)6;1-4(2)3-8(5,6)7/h2*1H2,2H3,(H2,5,6);4H,3H2,1-2H3,(H,5,6,7). The third kappa shape index (κ3) is 29.9. The minimum atomic E-state index is -3.72. The summed E-state index contributed by atoms with van der Waals surface area (Å²) in [5.74, 6) is -1.01. The van der Waals surface area contributed by atoms with Gasteiger partial charge in [-0.1, -0.05) is 27.0 Å². The summed E-state index contributed by atoms with van der Waals surface area (Å²) in [6.07, 6.45) is 0. The molecule has 0 bridgehead atoms. The van der Waals surface area contributed by atoms with Gasteiger partial charge in [0.05, 0.1) is 5.75 Å². The Morgan fingerprint density at radius 2 is 1.25 bits per heavy atom. The van der Waals surface area contributed by atoms with Crippen LogP contribution in [0.5, 0.6) is 0 Å². The van der Waals surface area contributed by atoms with Crippen LogP contribution in [0.15, 0.2) is 24.3 Å². The Morgan fingerprint density at radius 3 is 1.25 bits per heavy atom. The summed E-state index contributed by atoms with van der Waals surface area (Å²) in [5.41, 5.74) is 10.2. The molecule has 8 heteroatoms. The molecule has 0 aromatic carbocycles. The molecular weight excluding hydrogens is 284 g/mol. The summed E-state index contributed by atoms with van der Waals surface area (Å²) in [6, 6.07) is 0. The monoisotopic (exact) mass is 308 g/mol. The SMILES string of the molecule is C=C(C)C(N)=O.C=C(C)C(N)=O.CC(C)CS(=O)(=O)O. The molecule has 0 radical (unpaired) electrons. The van der Waals surface area contributed by atoms with E-state index in [-0.39, 0.29) is 11.7 Å². The molecule has 0 spiro atoms. The number of hydrogen-bond donors (Lipinski definition) is 3. The number of carbonyl (C=O) groups excluding carboxylic acids is 2. The second-order valence-electron chi connectivity index (χ2n) is 4.43. The Balaban J connectivity index is -0.000000221. The molecule has 0 aliphatic heterocycles. The van der Waals surface area contributed by atoms with Crippen molar-refractivity contribution >= 4 is 21.9 Å². The fourth-order valence-corrected chi connectivity index (χ4v) is 1.26. The van der Waals surface area contributed by atoms with E-state index in [9.17, 15) is 18.0 Å². The summed E-state index contributed by atoms with van der Waals surface area (Å²) in [7, 11) is -3.72. The maximum Gasteiger partial charge on any atom is 0.265 e. The van der Waals surface area contributed by atoms with Crippen molar-refractivity contribution in [2.75, 3.05) is 5.75 Å². The van der Waals surface area contributed by atoms with Crippen LogP contribution < -0.4 is 11.5 Å². The average Bonchev–Trinajstić information content (AvgIpc) is 2.14. The van der Waals surface area contributed by atoms with Crippen molar-refractivity contribution in [3.63, 3.8) is 0 Å². The Morgan fingerprint density at radius 1 is 1.05 bits per heavy atom.